The molecular formula is C18H22N2O5. The van der Waals surface area contributed by atoms with E-state index in [0.717, 1.165) is 12.8 Å². The van der Waals surface area contributed by atoms with Gasteiger partial charge in [0.25, 0.3) is 5.91 Å². The Morgan fingerprint density at radius 1 is 1.48 bits per heavy atom. The fraction of sp³-hybridized carbons (Fsp3) is 0.500. The van der Waals surface area contributed by atoms with E-state index in [2.05, 4.69) is 0 Å². The number of benzene rings is 1. The van der Waals surface area contributed by atoms with Crippen LogP contribution < -0.4 is 4.74 Å². The second kappa shape index (κ2) is 9.04. The van der Waals surface area contributed by atoms with Crippen LogP contribution in [-0.4, -0.2) is 53.8 Å². The van der Waals surface area contributed by atoms with Crippen LogP contribution in [-0.2, 0) is 14.3 Å². The van der Waals surface area contributed by atoms with E-state index in [0.29, 0.717) is 24.5 Å². The molecule has 1 aliphatic rings. The highest BCUT2D eigenvalue weighted by Crippen LogP contribution is 2.20. The van der Waals surface area contributed by atoms with E-state index in [4.69, 9.17) is 19.8 Å². The highest BCUT2D eigenvalue weighted by Gasteiger charge is 2.27. The Bertz CT molecular complexity index is 649. The number of nitriles is 1. The Morgan fingerprint density at radius 3 is 2.88 bits per heavy atom. The summed E-state index contributed by atoms with van der Waals surface area (Å²) in [4.78, 5) is 25.1. The molecule has 0 aromatic heterocycles. The third kappa shape index (κ3) is 5.47. The molecule has 1 N–H and O–H groups in total. The molecule has 1 heterocycles. The number of carbonyl (C=O) groups excluding carboxylic acids is 1. The van der Waals surface area contributed by atoms with Gasteiger partial charge in [0.05, 0.1) is 18.1 Å². The highest BCUT2D eigenvalue weighted by atomic mass is 16.5. The quantitative estimate of drug-likeness (QED) is 0.770. The van der Waals surface area contributed by atoms with Crippen LogP contribution in [0.5, 0.6) is 5.75 Å². The molecule has 0 saturated carbocycles. The van der Waals surface area contributed by atoms with Crippen molar-refractivity contribution in [2.75, 3.05) is 19.7 Å². The number of carboxylic acid groups (broad SMARTS) is 1. The molecule has 1 fully saturated rings. The van der Waals surface area contributed by atoms with Crippen LogP contribution in [0.3, 0.4) is 0 Å². The van der Waals surface area contributed by atoms with Gasteiger partial charge in [0, 0.05) is 19.7 Å². The largest absolute Gasteiger partial charge is 0.481 e. The van der Waals surface area contributed by atoms with E-state index in [9.17, 15) is 9.59 Å². The van der Waals surface area contributed by atoms with Crippen LogP contribution in [0.15, 0.2) is 24.3 Å². The lowest BCUT2D eigenvalue weighted by Gasteiger charge is -2.28. The maximum Gasteiger partial charge on any atom is 0.305 e. The van der Waals surface area contributed by atoms with E-state index in [1.165, 1.54) is 4.90 Å². The predicted octanol–water partition coefficient (Wildman–Crippen LogP) is 1.81. The second-order valence-electron chi connectivity index (χ2n) is 5.93. The molecule has 0 radical (unpaired) electrons. The number of ether oxygens (including phenoxy) is 2. The normalized spacial score (nSPS) is 17.5. The van der Waals surface area contributed by atoms with Crippen molar-refractivity contribution in [3.05, 3.63) is 29.8 Å². The topological polar surface area (TPSA) is 99.9 Å². The highest BCUT2D eigenvalue weighted by molar-refractivity contribution is 5.81. The van der Waals surface area contributed by atoms with Gasteiger partial charge < -0.3 is 19.5 Å². The van der Waals surface area contributed by atoms with Crippen molar-refractivity contribution in [2.45, 2.75) is 38.4 Å². The molecule has 25 heavy (non-hydrogen) atoms. The third-order valence-electron chi connectivity index (χ3n) is 4.01. The first-order chi connectivity index (χ1) is 12.0. The van der Waals surface area contributed by atoms with Crippen LogP contribution in [0.4, 0.5) is 0 Å². The molecule has 0 spiro atoms. The summed E-state index contributed by atoms with van der Waals surface area (Å²) in [5, 5.41) is 18.0. The minimum atomic E-state index is -0.964. The SMILES string of the molecule is C[C@H](Oc1ccccc1C#N)C(=O)N(CCC(=O)O)C[C@@H]1CCCO1. The van der Waals surface area contributed by atoms with Gasteiger partial charge in [-0.2, -0.15) is 5.26 Å². The summed E-state index contributed by atoms with van der Waals surface area (Å²) in [7, 11) is 0. The molecule has 1 aromatic rings. The van der Waals surface area contributed by atoms with Crippen molar-refractivity contribution >= 4 is 11.9 Å². The Kier molecular flexibility index (Phi) is 6.78. The summed E-state index contributed by atoms with van der Waals surface area (Å²) in [5.41, 5.74) is 0.346. The Balaban J connectivity index is 2.04. The summed E-state index contributed by atoms with van der Waals surface area (Å²) in [6.45, 7) is 2.70. The molecule has 1 saturated heterocycles. The van der Waals surface area contributed by atoms with Gasteiger partial charge in [0.1, 0.15) is 11.8 Å². The summed E-state index contributed by atoms with van der Waals surface area (Å²) in [6, 6.07) is 8.70. The molecule has 134 valence electrons. The number of nitrogens with zero attached hydrogens (tertiary/aromatic N) is 2. The number of carbonyl (C=O) groups is 2. The zero-order valence-electron chi connectivity index (χ0n) is 14.2. The Hall–Kier alpha value is -2.59. The molecule has 0 aliphatic carbocycles. The number of amides is 1. The zero-order valence-corrected chi connectivity index (χ0v) is 14.2. The van der Waals surface area contributed by atoms with Crippen LogP contribution in [0.2, 0.25) is 0 Å². The molecule has 1 amide bonds. The van der Waals surface area contributed by atoms with Crippen molar-refractivity contribution in [1.82, 2.24) is 4.90 Å². The molecule has 2 atom stereocenters. The molecule has 1 aromatic carbocycles. The lowest BCUT2D eigenvalue weighted by atomic mass is 10.2. The maximum absolute atomic E-state index is 12.7. The number of para-hydroxylation sites is 1. The van der Waals surface area contributed by atoms with Crippen molar-refractivity contribution in [3.63, 3.8) is 0 Å². The fourth-order valence-electron chi connectivity index (χ4n) is 2.72. The second-order valence-corrected chi connectivity index (χ2v) is 5.93. The molecule has 7 nitrogen and oxygen atoms in total. The molecule has 0 unspecified atom stereocenters. The van der Waals surface area contributed by atoms with Crippen LogP contribution in [0, 0.1) is 11.3 Å². The van der Waals surface area contributed by atoms with Gasteiger partial charge in [-0.3, -0.25) is 9.59 Å². The molecule has 2 rings (SSSR count). The number of aliphatic carboxylic acids is 1. The standard InChI is InChI=1S/C18H22N2O5/c1-13(25-16-7-3-2-5-14(16)11-19)18(23)20(9-8-17(21)22)12-15-6-4-10-24-15/h2-3,5,7,13,15H,4,6,8-10,12H2,1H3,(H,21,22)/t13-,15-/m0/s1. The Labute approximate surface area is 146 Å². The van der Waals surface area contributed by atoms with Crippen molar-refractivity contribution in [1.29, 1.82) is 5.26 Å². The minimum Gasteiger partial charge on any atom is -0.481 e. The van der Waals surface area contributed by atoms with E-state index < -0.39 is 12.1 Å². The number of hydrogen-bond donors (Lipinski definition) is 1. The van der Waals surface area contributed by atoms with E-state index in [1.807, 2.05) is 6.07 Å². The van der Waals surface area contributed by atoms with Crippen molar-refractivity contribution < 1.29 is 24.2 Å². The molecule has 7 heteroatoms. The van der Waals surface area contributed by atoms with Gasteiger partial charge >= 0.3 is 5.97 Å². The number of hydrogen-bond acceptors (Lipinski definition) is 5. The van der Waals surface area contributed by atoms with Crippen LogP contribution in [0.25, 0.3) is 0 Å². The predicted molar refractivity (Wildman–Crippen MR) is 89.1 cm³/mol. The zero-order chi connectivity index (χ0) is 18.2. The first-order valence-electron chi connectivity index (χ1n) is 8.29. The molecule has 1 aliphatic heterocycles. The van der Waals surface area contributed by atoms with Crippen LogP contribution >= 0.6 is 0 Å². The minimum absolute atomic E-state index is 0.0728. The summed E-state index contributed by atoms with van der Waals surface area (Å²) >= 11 is 0. The first-order valence-corrected chi connectivity index (χ1v) is 8.29. The average molecular weight is 346 g/mol. The monoisotopic (exact) mass is 346 g/mol. The van der Waals surface area contributed by atoms with Crippen LogP contribution in [0.1, 0.15) is 31.7 Å². The summed E-state index contributed by atoms with van der Waals surface area (Å²) < 4.78 is 11.2. The van der Waals surface area contributed by atoms with Gasteiger partial charge in [-0.25, -0.2) is 0 Å². The first kappa shape index (κ1) is 18.7. The molecule has 0 bridgehead atoms. The Morgan fingerprint density at radius 2 is 2.24 bits per heavy atom. The summed E-state index contributed by atoms with van der Waals surface area (Å²) in [5.74, 6) is -0.945. The van der Waals surface area contributed by atoms with E-state index in [-0.39, 0.29) is 25.0 Å². The van der Waals surface area contributed by atoms with Crippen molar-refractivity contribution in [3.8, 4) is 11.8 Å². The van der Waals surface area contributed by atoms with E-state index in [1.54, 1.807) is 31.2 Å². The lowest BCUT2D eigenvalue weighted by molar-refractivity contribution is -0.142. The fourth-order valence-corrected chi connectivity index (χ4v) is 2.72. The van der Waals surface area contributed by atoms with Gasteiger partial charge in [0.15, 0.2) is 6.10 Å². The third-order valence-corrected chi connectivity index (χ3v) is 4.01. The van der Waals surface area contributed by atoms with Gasteiger partial charge in [0.2, 0.25) is 0 Å². The summed E-state index contributed by atoms with van der Waals surface area (Å²) in [6.07, 6.45) is 0.748. The number of carboxylic acids is 1. The van der Waals surface area contributed by atoms with Gasteiger partial charge in [-0.15, -0.1) is 0 Å². The average Bonchev–Trinajstić information content (AvgIpc) is 3.11. The van der Waals surface area contributed by atoms with Gasteiger partial charge in [-0.1, -0.05) is 12.1 Å². The maximum atomic E-state index is 12.7. The van der Waals surface area contributed by atoms with Gasteiger partial charge in [-0.05, 0) is 31.9 Å². The lowest BCUT2D eigenvalue weighted by Crippen LogP contribution is -2.45. The molecular weight excluding hydrogens is 324 g/mol. The smallest absolute Gasteiger partial charge is 0.305 e. The van der Waals surface area contributed by atoms with Crippen molar-refractivity contribution in [2.24, 2.45) is 0 Å². The number of rotatable bonds is 8. The van der Waals surface area contributed by atoms with E-state index >= 15 is 0 Å².